The molecule has 0 radical (unpaired) electrons. The summed E-state index contributed by atoms with van der Waals surface area (Å²) in [5.41, 5.74) is 2.35. The zero-order valence-electron chi connectivity index (χ0n) is 9.41. The highest BCUT2D eigenvalue weighted by atomic mass is 16.1. The van der Waals surface area contributed by atoms with Gasteiger partial charge in [-0.1, -0.05) is 41.6 Å². The van der Waals surface area contributed by atoms with Crippen molar-refractivity contribution in [2.24, 2.45) is 0 Å². The second-order valence-corrected chi connectivity index (χ2v) is 3.67. The Morgan fingerprint density at radius 1 is 1.29 bits per heavy atom. The van der Waals surface area contributed by atoms with Gasteiger partial charge in [-0.05, 0) is 5.56 Å². The summed E-state index contributed by atoms with van der Waals surface area (Å²) in [4.78, 5) is 10.9. The van der Waals surface area contributed by atoms with Crippen LogP contribution in [0.3, 0.4) is 0 Å². The van der Waals surface area contributed by atoms with Crippen molar-refractivity contribution in [1.82, 2.24) is 15.0 Å². The summed E-state index contributed by atoms with van der Waals surface area (Å²) in [6.45, 7) is 4.22. The van der Waals surface area contributed by atoms with Crippen LogP contribution in [-0.4, -0.2) is 21.3 Å². The van der Waals surface area contributed by atoms with Crippen LogP contribution in [0.5, 0.6) is 0 Å². The Hall–Kier alpha value is -2.23. The molecule has 1 aromatic heterocycles. The largest absolute Gasteiger partial charge is 0.296 e. The lowest BCUT2D eigenvalue weighted by Gasteiger charge is -2.04. The van der Waals surface area contributed by atoms with Crippen molar-refractivity contribution >= 4 is 6.29 Å². The molecule has 0 amide bonds. The Morgan fingerprint density at radius 2 is 2.06 bits per heavy atom. The Labute approximate surface area is 99.6 Å². The third-order valence-corrected chi connectivity index (χ3v) is 2.50. The van der Waals surface area contributed by atoms with Crippen LogP contribution in [0.25, 0.3) is 0 Å². The fourth-order valence-electron chi connectivity index (χ4n) is 1.68. The molecule has 86 valence electrons. The highest BCUT2D eigenvalue weighted by Crippen LogP contribution is 2.11. The molecule has 0 saturated heterocycles. The van der Waals surface area contributed by atoms with Crippen molar-refractivity contribution in [2.75, 3.05) is 0 Å². The molecule has 0 unspecified atom stereocenters. The fraction of sp³-hybridized carbons (Fsp3) is 0.154. The molecule has 0 N–H and O–H groups in total. The minimum Gasteiger partial charge on any atom is -0.296 e. The van der Waals surface area contributed by atoms with Crippen molar-refractivity contribution in [2.45, 2.75) is 13.0 Å². The van der Waals surface area contributed by atoms with Gasteiger partial charge in [0.1, 0.15) is 5.69 Å². The van der Waals surface area contributed by atoms with Crippen LogP contribution in [0, 0.1) is 0 Å². The first-order valence-corrected chi connectivity index (χ1v) is 5.37. The molecule has 1 aromatic carbocycles. The lowest BCUT2D eigenvalue weighted by molar-refractivity contribution is 0.111. The van der Waals surface area contributed by atoms with Gasteiger partial charge in [0.2, 0.25) is 0 Å². The quantitative estimate of drug-likeness (QED) is 0.578. The molecule has 2 aromatic rings. The summed E-state index contributed by atoms with van der Waals surface area (Å²) in [5, 5.41) is 7.78. The number of aromatic nitrogens is 3. The fourth-order valence-corrected chi connectivity index (χ4v) is 1.68. The summed E-state index contributed by atoms with van der Waals surface area (Å²) in [5.74, 6) is 0. The van der Waals surface area contributed by atoms with E-state index in [1.807, 2.05) is 30.3 Å². The highest BCUT2D eigenvalue weighted by molar-refractivity contribution is 5.73. The van der Waals surface area contributed by atoms with Gasteiger partial charge in [-0.3, -0.25) is 4.79 Å². The molecule has 4 heteroatoms. The number of hydrogen-bond acceptors (Lipinski definition) is 3. The van der Waals surface area contributed by atoms with E-state index in [2.05, 4.69) is 16.9 Å². The van der Waals surface area contributed by atoms with Crippen molar-refractivity contribution in [3.8, 4) is 0 Å². The van der Waals surface area contributed by atoms with Crippen LogP contribution in [0.4, 0.5) is 0 Å². The van der Waals surface area contributed by atoms with Crippen molar-refractivity contribution < 1.29 is 4.79 Å². The average Bonchev–Trinajstić information content (AvgIpc) is 2.74. The maximum Gasteiger partial charge on any atom is 0.172 e. The van der Waals surface area contributed by atoms with E-state index in [0.717, 1.165) is 17.5 Å². The predicted octanol–water partition coefficient (Wildman–Crippen LogP) is 1.87. The third kappa shape index (κ3) is 2.47. The molecule has 2 rings (SSSR count). The highest BCUT2D eigenvalue weighted by Gasteiger charge is 2.11. The lowest BCUT2D eigenvalue weighted by Crippen LogP contribution is -2.05. The molecule has 0 fully saturated rings. The van der Waals surface area contributed by atoms with Gasteiger partial charge in [-0.15, -0.1) is 11.7 Å². The van der Waals surface area contributed by atoms with E-state index in [9.17, 15) is 4.79 Å². The number of carbonyl (C=O) groups is 1. The average molecular weight is 227 g/mol. The summed E-state index contributed by atoms with van der Waals surface area (Å²) in [6.07, 6.45) is 3.12. The van der Waals surface area contributed by atoms with Gasteiger partial charge in [0.15, 0.2) is 6.29 Å². The van der Waals surface area contributed by atoms with Crippen molar-refractivity contribution in [3.63, 3.8) is 0 Å². The first-order valence-electron chi connectivity index (χ1n) is 5.37. The standard InChI is InChI=1S/C13H13N3O/c1-2-8-16-13(12(10-17)14-15-16)9-11-6-4-3-5-7-11/h2-7,10H,1,8-9H2. The summed E-state index contributed by atoms with van der Waals surface area (Å²) in [6, 6.07) is 9.93. The third-order valence-electron chi connectivity index (χ3n) is 2.50. The van der Waals surface area contributed by atoms with E-state index in [-0.39, 0.29) is 0 Å². The Morgan fingerprint density at radius 3 is 2.71 bits per heavy atom. The first kappa shape index (κ1) is 11.3. The molecule has 0 spiro atoms. The van der Waals surface area contributed by atoms with Crippen LogP contribution in [-0.2, 0) is 13.0 Å². The van der Waals surface area contributed by atoms with Crippen LogP contribution >= 0.6 is 0 Å². The van der Waals surface area contributed by atoms with E-state index in [1.165, 1.54) is 0 Å². The second-order valence-electron chi connectivity index (χ2n) is 3.67. The van der Waals surface area contributed by atoms with Crippen LogP contribution in [0.15, 0.2) is 43.0 Å². The van der Waals surface area contributed by atoms with Gasteiger partial charge in [-0.2, -0.15) is 0 Å². The number of benzene rings is 1. The molecule has 4 nitrogen and oxygen atoms in total. The number of carbonyl (C=O) groups excluding carboxylic acids is 1. The maximum atomic E-state index is 10.9. The Bertz CT molecular complexity index is 517. The molecular weight excluding hydrogens is 214 g/mol. The van der Waals surface area contributed by atoms with Gasteiger partial charge < -0.3 is 0 Å². The molecule has 0 aliphatic rings. The maximum absolute atomic E-state index is 10.9. The predicted molar refractivity (Wildman–Crippen MR) is 64.9 cm³/mol. The lowest BCUT2D eigenvalue weighted by atomic mass is 10.1. The van der Waals surface area contributed by atoms with Gasteiger partial charge >= 0.3 is 0 Å². The van der Waals surface area contributed by atoms with Crippen molar-refractivity contribution in [3.05, 3.63) is 59.9 Å². The molecule has 0 aliphatic carbocycles. The molecule has 0 saturated carbocycles. The summed E-state index contributed by atoms with van der Waals surface area (Å²) < 4.78 is 1.70. The van der Waals surface area contributed by atoms with Crippen molar-refractivity contribution in [1.29, 1.82) is 0 Å². The summed E-state index contributed by atoms with van der Waals surface area (Å²) in [7, 11) is 0. The van der Waals surface area contributed by atoms with E-state index in [0.29, 0.717) is 18.7 Å². The number of hydrogen-bond donors (Lipinski definition) is 0. The molecule has 0 aliphatic heterocycles. The van der Waals surface area contributed by atoms with Crippen LogP contribution in [0.2, 0.25) is 0 Å². The molecule has 0 bridgehead atoms. The Balaban J connectivity index is 2.32. The minimum atomic E-state index is 0.399. The van der Waals surface area contributed by atoms with Crippen LogP contribution in [0.1, 0.15) is 21.7 Å². The first-order chi connectivity index (χ1) is 8.35. The van der Waals surface area contributed by atoms with Gasteiger partial charge in [0, 0.05) is 6.42 Å². The topological polar surface area (TPSA) is 47.8 Å². The van der Waals surface area contributed by atoms with Gasteiger partial charge in [-0.25, -0.2) is 4.68 Å². The van der Waals surface area contributed by atoms with E-state index >= 15 is 0 Å². The number of nitrogens with zero attached hydrogens (tertiary/aromatic N) is 3. The molecule has 1 heterocycles. The zero-order chi connectivity index (χ0) is 12.1. The van der Waals surface area contributed by atoms with Crippen LogP contribution < -0.4 is 0 Å². The molecular formula is C13H13N3O. The Kier molecular flexibility index (Phi) is 3.45. The normalized spacial score (nSPS) is 10.1. The SMILES string of the molecule is C=CCn1nnc(C=O)c1Cc1ccccc1. The second kappa shape index (κ2) is 5.21. The number of aldehydes is 1. The monoisotopic (exact) mass is 227 g/mol. The zero-order valence-corrected chi connectivity index (χ0v) is 9.41. The van der Waals surface area contributed by atoms with Gasteiger partial charge in [0.05, 0.1) is 12.2 Å². The smallest absolute Gasteiger partial charge is 0.172 e. The number of rotatable bonds is 5. The van der Waals surface area contributed by atoms with E-state index in [4.69, 9.17) is 0 Å². The van der Waals surface area contributed by atoms with Gasteiger partial charge in [0.25, 0.3) is 0 Å². The minimum absolute atomic E-state index is 0.399. The van der Waals surface area contributed by atoms with E-state index in [1.54, 1.807) is 10.8 Å². The van der Waals surface area contributed by atoms with E-state index < -0.39 is 0 Å². The molecule has 0 atom stereocenters. The number of allylic oxidation sites excluding steroid dienone is 1. The molecule has 17 heavy (non-hydrogen) atoms. The summed E-state index contributed by atoms with van der Waals surface area (Å²) >= 11 is 0.